The number of rotatable bonds is 4. The maximum Gasteiger partial charge on any atom is 0.268 e. The van der Waals surface area contributed by atoms with E-state index in [1.54, 1.807) is 0 Å². The minimum atomic E-state index is -0.758. The lowest BCUT2D eigenvalue weighted by molar-refractivity contribution is -0.0233. The van der Waals surface area contributed by atoms with Crippen LogP contribution in [-0.2, 0) is 6.54 Å². The van der Waals surface area contributed by atoms with Gasteiger partial charge in [0, 0.05) is 23.8 Å². The van der Waals surface area contributed by atoms with Crippen LogP contribution in [0.4, 0.5) is 0 Å². The van der Waals surface area contributed by atoms with Gasteiger partial charge in [-0.05, 0) is 60.0 Å². The molecule has 1 saturated carbocycles. The van der Waals surface area contributed by atoms with E-state index in [0.29, 0.717) is 17.7 Å². The van der Waals surface area contributed by atoms with Crippen molar-refractivity contribution in [2.24, 2.45) is 5.41 Å². The van der Waals surface area contributed by atoms with Gasteiger partial charge in [-0.15, -0.1) is 0 Å². The molecule has 0 radical (unpaired) electrons. The summed E-state index contributed by atoms with van der Waals surface area (Å²) in [7, 11) is 0. The first kappa shape index (κ1) is 16.6. The molecule has 0 saturated heterocycles. The Bertz CT molecular complexity index is 512. The molecule has 1 fully saturated rings. The van der Waals surface area contributed by atoms with Crippen molar-refractivity contribution in [2.45, 2.75) is 58.6 Å². The summed E-state index contributed by atoms with van der Waals surface area (Å²) in [6.45, 7) is 7.54. The number of halogens is 1. The van der Waals surface area contributed by atoms with Crippen LogP contribution in [0.15, 0.2) is 16.7 Å². The van der Waals surface area contributed by atoms with Crippen LogP contribution in [0.2, 0.25) is 0 Å². The van der Waals surface area contributed by atoms with E-state index >= 15 is 0 Å². The van der Waals surface area contributed by atoms with Gasteiger partial charge in [0.25, 0.3) is 5.91 Å². The molecule has 118 valence electrons. The van der Waals surface area contributed by atoms with Gasteiger partial charge in [0.05, 0.1) is 5.60 Å². The van der Waals surface area contributed by atoms with Crippen molar-refractivity contribution in [3.05, 3.63) is 22.4 Å². The zero-order valence-corrected chi connectivity index (χ0v) is 14.7. The molecule has 2 rings (SSSR count). The van der Waals surface area contributed by atoms with Crippen molar-refractivity contribution >= 4 is 21.8 Å². The van der Waals surface area contributed by atoms with E-state index in [-0.39, 0.29) is 5.91 Å². The molecule has 4 nitrogen and oxygen atoms in total. The molecule has 0 aromatic carbocycles. The Morgan fingerprint density at radius 1 is 1.38 bits per heavy atom. The van der Waals surface area contributed by atoms with E-state index < -0.39 is 5.60 Å². The lowest BCUT2D eigenvalue weighted by atomic mass is 9.71. The highest BCUT2D eigenvalue weighted by molar-refractivity contribution is 9.10. The Labute approximate surface area is 135 Å². The van der Waals surface area contributed by atoms with E-state index in [0.717, 1.165) is 36.7 Å². The first-order valence-electron chi connectivity index (χ1n) is 7.61. The topological polar surface area (TPSA) is 54.3 Å². The average Bonchev–Trinajstić information content (AvgIpc) is 2.81. The first-order chi connectivity index (χ1) is 9.75. The minimum absolute atomic E-state index is 0.124. The lowest BCUT2D eigenvalue weighted by Gasteiger charge is -2.40. The number of amides is 1. The minimum Gasteiger partial charge on any atom is -0.388 e. The molecule has 0 unspecified atom stereocenters. The quantitative estimate of drug-likeness (QED) is 0.869. The number of carbonyl (C=O) groups excluding carboxylic acids is 1. The molecule has 1 amide bonds. The third kappa shape index (κ3) is 4.10. The first-order valence-corrected chi connectivity index (χ1v) is 8.40. The normalized spacial score (nSPS) is 20.2. The molecule has 21 heavy (non-hydrogen) atoms. The molecule has 1 aromatic rings. The van der Waals surface area contributed by atoms with Gasteiger partial charge < -0.3 is 15.0 Å². The SMILES string of the molecule is CCn1cc(Br)cc1C(=O)NCC1(O)CCC(C)(C)CC1. The second kappa shape index (κ2) is 6.13. The molecular formula is C16H25BrN2O2. The largest absolute Gasteiger partial charge is 0.388 e. The van der Waals surface area contributed by atoms with Crippen LogP contribution >= 0.6 is 15.9 Å². The molecule has 1 aliphatic rings. The Morgan fingerprint density at radius 3 is 2.57 bits per heavy atom. The number of aliphatic hydroxyl groups is 1. The second-order valence-corrected chi connectivity index (χ2v) is 7.82. The van der Waals surface area contributed by atoms with Gasteiger partial charge in [-0.1, -0.05) is 13.8 Å². The van der Waals surface area contributed by atoms with Crippen LogP contribution in [0.5, 0.6) is 0 Å². The van der Waals surface area contributed by atoms with Gasteiger partial charge in [-0.3, -0.25) is 4.79 Å². The van der Waals surface area contributed by atoms with E-state index in [2.05, 4.69) is 35.1 Å². The van der Waals surface area contributed by atoms with Crippen LogP contribution in [0.1, 0.15) is 56.9 Å². The van der Waals surface area contributed by atoms with E-state index in [1.807, 2.05) is 23.8 Å². The molecule has 1 aromatic heterocycles. The fourth-order valence-corrected chi connectivity index (χ4v) is 3.30. The summed E-state index contributed by atoms with van der Waals surface area (Å²) in [5, 5.41) is 13.5. The zero-order valence-electron chi connectivity index (χ0n) is 13.1. The fourth-order valence-electron chi connectivity index (χ4n) is 2.83. The Balaban J connectivity index is 1.95. The molecule has 5 heteroatoms. The van der Waals surface area contributed by atoms with Crippen molar-refractivity contribution in [1.82, 2.24) is 9.88 Å². The van der Waals surface area contributed by atoms with Gasteiger partial charge in [0.15, 0.2) is 0 Å². The molecule has 1 heterocycles. The van der Waals surface area contributed by atoms with Crippen LogP contribution in [0.25, 0.3) is 0 Å². The summed E-state index contributed by atoms with van der Waals surface area (Å²) in [6.07, 6.45) is 5.39. The van der Waals surface area contributed by atoms with Crippen molar-refractivity contribution in [1.29, 1.82) is 0 Å². The maximum atomic E-state index is 12.3. The van der Waals surface area contributed by atoms with Crippen LogP contribution < -0.4 is 5.32 Å². The molecule has 0 bridgehead atoms. The number of aryl methyl sites for hydroxylation is 1. The van der Waals surface area contributed by atoms with Gasteiger partial charge in [-0.2, -0.15) is 0 Å². The highest BCUT2D eigenvalue weighted by Gasteiger charge is 2.36. The van der Waals surface area contributed by atoms with E-state index in [4.69, 9.17) is 0 Å². The molecule has 0 aliphatic heterocycles. The van der Waals surface area contributed by atoms with Crippen molar-refractivity contribution in [2.75, 3.05) is 6.54 Å². The molecule has 2 N–H and O–H groups in total. The summed E-state index contributed by atoms with van der Waals surface area (Å²) >= 11 is 3.39. The number of nitrogens with one attached hydrogen (secondary N) is 1. The number of aromatic nitrogens is 1. The Kier molecular flexibility index (Phi) is 4.83. The highest BCUT2D eigenvalue weighted by atomic mass is 79.9. The number of hydrogen-bond donors (Lipinski definition) is 2. The number of carbonyl (C=O) groups is 1. The molecule has 1 aliphatic carbocycles. The van der Waals surface area contributed by atoms with Crippen molar-refractivity contribution in [3.63, 3.8) is 0 Å². The van der Waals surface area contributed by atoms with Gasteiger partial charge >= 0.3 is 0 Å². The number of hydrogen-bond acceptors (Lipinski definition) is 2. The Hall–Kier alpha value is -0.810. The van der Waals surface area contributed by atoms with Crippen LogP contribution in [-0.4, -0.2) is 27.7 Å². The van der Waals surface area contributed by atoms with Crippen LogP contribution in [0.3, 0.4) is 0 Å². The predicted molar refractivity (Wildman–Crippen MR) is 87.3 cm³/mol. The second-order valence-electron chi connectivity index (χ2n) is 6.90. The van der Waals surface area contributed by atoms with Crippen molar-refractivity contribution in [3.8, 4) is 0 Å². The third-order valence-electron chi connectivity index (χ3n) is 4.55. The van der Waals surface area contributed by atoms with Crippen molar-refractivity contribution < 1.29 is 9.90 Å². The maximum absolute atomic E-state index is 12.3. The fraction of sp³-hybridized carbons (Fsp3) is 0.688. The standard InChI is InChI=1S/C16H25BrN2O2/c1-4-19-10-12(17)9-13(19)14(20)18-11-16(21)7-5-15(2,3)6-8-16/h9-10,21H,4-8,11H2,1-3H3,(H,18,20). The van der Waals surface area contributed by atoms with E-state index in [9.17, 15) is 9.90 Å². The summed E-state index contributed by atoms with van der Waals surface area (Å²) in [5.41, 5.74) is 0.175. The lowest BCUT2D eigenvalue weighted by Crippen LogP contribution is -2.46. The highest BCUT2D eigenvalue weighted by Crippen LogP contribution is 2.39. The third-order valence-corrected chi connectivity index (χ3v) is 4.98. The van der Waals surface area contributed by atoms with Gasteiger partial charge in [0.2, 0.25) is 0 Å². The molecular weight excluding hydrogens is 332 g/mol. The smallest absolute Gasteiger partial charge is 0.268 e. The van der Waals surface area contributed by atoms with Crippen LogP contribution in [0, 0.1) is 5.41 Å². The van der Waals surface area contributed by atoms with Gasteiger partial charge in [0.1, 0.15) is 5.69 Å². The summed E-state index contributed by atoms with van der Waals surface area (Å²) in [4.78, 5) is 12.3. The predicted octanol–water partition coefficient (Wildman–Crippen LogP) is 3.33. The zero-order chi connectivity index (χ0) is 15.7. The molecule has 0 spiro atoms. The van der Waals surface area contributed by atoms with E-state index in [1.165, 1.54) is 0 Å². The summed E-state index contributed by atoms with van der Waals surface area (Å²) < 4.78 is 2.79. The summed E-state index contributed by atoms with van der Waals surface area (Å²) in [5.74, 6) is -0.124. The Morgan fingerprint density at radius 2 is 2.00 bits per heavy atom. The number of nitrogens with zero attached hydrogens (tertiary/aromatic N) is 1. The molecule has 0 atom stereocenters. The summed E-state index contributed by atoms with van der Waals surface area (Å²) in [6, 6.07) is 1.81. The van der Waals surface area contributed by atoms with Gasteiger partial charge in [-0.25, -0.2) is 0 Å². The average molecular weight is 357 g/mol. The monoisotopic (exact) mass is 356 g/mol.